The molecule has 1 aliphatic rings. The molecule has 0 aromatic heterocycles. The first kappa shape index (κ1) is 29.3. The molecule has 3 N–H and O–H groups in total. The molecule has 1 saturated heterocycles. The van der Waals surface area contributed by atoms with E-state index in [2.05, 4.69) is 16.0 Å². The number of hydrogen-bond donors (Lipinski definition) is 3. The van der Waals surface area contributed by atoms with Crippen LogP contribution in [0.25, 0.3) is 0 Å². The Morgan fingerprint density at radius 1 is 0.902 bits per heavy atom. The Bertz CT molecular complexity index is 1360. The second kappa shape index (κ2) is 14.1. The number of urea groups is 1. The van der Waals surface area contributed by atoms with E-state index in [0.29, 0.717) is 18.7 Å². The molecule has 3 aromatic rings. The average molecular weight is 557 g/mol. The van der Waals surface area contributed by atoms with Crippen molar-refractivity contribution in [3.8, 4) is 0 Å². The summed E-state index contributed by atoms with van der Waals surface area (Å²) in [6.45, 7) is 4.35. The lowest BCUT2D eigenvalue weighted by atomic mass is 10.1. The third-order valence-electron chi connectivity index (χ3n) is 6.94. The predicted octanol–water partition coefficient (Wildman–Crippen LogP) is 4.81. The lowest BCUT2D eigenvalue weighted by molar-refractivity contribution is -0.146. The maximum Gasteiger partial charge on any atom is 0.323 e. The first-order chi connectivity index (χ1) is 19.8. The smallest absolute Gasteiger partial charge is 0.323 e. The molecule has 3 aromatic carbocycles. The molecule has 0 spiro atoms. The lowest BCUT2D eigenvalue weighted by Gasteiger charge is -2.25. The van der Waals surface area contributed by atoms with Crippen molar-refractivity contribution in [2.24, 2.45) is 0 Å². The minimum absolute atomic E-state index is 0.0442. The van der Waals surface area contributed by atoms with Gasteiger partial charge < -0.3 is 25.6 Å². The summed E-state index contributed by atoms with van der Waals surface area (Å²) >= 11 is 0. The second-order valence-corrected chi connectivity index (χ2v) is 10.3. The molecule has 1 aliphatic heterocycles. The van der Waals surface area contributed by atoms with Crippen molar-refractivity contribution >= 4 is 35.2 Å². The van der Waals surface area contributed by atoms with Crippen LogP contribution in [0.15, 0.2) is 78.9 Å². The van der Waals surface area contributed by atoms with Crippen LogP contribution in [-0.4, -0.2) is 47.3 Å². The summed E-state index contributed by atoms with van der Waals surface area (Å²) in [7, 11) is 0. The number of likely N-dealkylation sites (tertiary alicyclic amines) is 1. The van der Waals surface area contributed by atoms with Crippen molar-refractivity contribution in [3.63, 3.8) is 0 Å². The standard InChI is InChI=1S/C32H36N4O5/c1-22-9-6-7-12-27(22)35-32(40)34-26-16-14-24(15-17-26)20-29(37)36-18-8-13-28(36)31(39)33-23(2)19-30(38)41-21-25-10-4-3-5-11-25/h3-7,9-12,14-17,23,28H,8,13,18-21H2,1-2H3,(H,33,39)(H2,34,35,40)/t23-,28+/m1/s1. The van der Waals surface area contributed by atoms with Crippen LogP contribution in [0.3, 0.4) is 0 Å². The van der Waals surface area contributed by atoms with Crippen LogP contribution in [0.5, 0.6) is 0 Å². The Labute approximate surface area is 240 Å². The number of carbonyl (C=O) groups excluding carboxylic acids is 4. The van der Waals surface area contributed by atoms with Crippen molar-refractivity contribution < 1.29 is 23.9 Å². The highest BCUT2D eigenvalue weighted by Crippen LogP contribution is 2.20. The Morgan fingerprint density at radius 2 is 1.61 bits per heavy atom. The molecule has 9 nitrogen and oxygen atoms in total. The van der Waals surface area contributed by atoms with Gasteiger partial charge in [-0.2, -0.15) is 0 Å². The SMILES string of the molecule is Cc1ccccc1NC(=O)Nc1ccc(CC(=O)N2CCC[C@H]2C(=O)N[C@H](C)CC(=O)OCc2ccccc2)cc1. The first-order valence-electron chi connectivity index (χ1n) is 13.8. The minimum atomic E-state index is -0.573. The number of para-hydroxylation sites is 1. The largest absolute Gasteiger partial charge is 0.461 e. The van der Waals surface area contributed by atoms with Crippen molar-refractivity contribution in [2.75, 3.05) is 17.2 Å². The van der Waals surface area contributed by atoms with E-state index >= 15 is 0 Å². The van der Waals surface area contributed by atoms with Gasteiger partial charge in [-0.3, -0.25) is 14.4 Å². The number of amides is 4. The van der Waals surface area contributed by atoms with Crippen LogP contribution in [0.4, 0.5) is 16.2 Å². The number of ether oxygens (including phenoxy) is 1. The molecule has 9 heteroatoms. The molecule has 1 heterocycles. The van der Waals surface area contributed by atoms with Crippen LogP contribution in [-0.2, 0) is 32.1 Å². The van der Waals surface area contributed by atoms with Gasteiger partial charge in [0.15, 0.2) is 0 Å². The summed E-state index contributed by atoms with van der Waals surface area (Å²) in [6.07, 6.45) is 1.49. The molecule has 0 saturated carbocycles. The monoisotopic (exact) mass is 556 g/mol. The average Bonchev–Trinajstić information content (AvgIpc) is 3.45. The second-order valence-electron chi connectivity index (χ2n) is 10.3. The highest BCUT2D eigenvalue weighted by Gasteiger charge is 2.34. The van der Waals surface area contributed by atoms with E-state index in [4.69, 9.17) is 4.74 Å². The maximum atomic E-state index is 13.1. The Hall–Kier alpha value is -4.66. The van der Waals surface area contributed by atoms with Crippen LogP contribution >= 0.6 is 0 Å². The fourth-order valence-electron chi connectivity index (χ4n) is 4.75. The number of nitrogens with one attached hydrogen (secondary N) is 3. The van der Waals surface area contributed by atoms with Crippen molar-refractivity contribution in [1.29, 1.82) is 0 Å². The minimum Gasteiger partial charge on any atom is -0.461 e. The fourth-order valence-corrected chi connectivity index (χ4v) is 4.75. The van der Waals surface area contributed by atoms with Gasteiger partial charge in [0.2, 0.25) is 11.8 Å². The zero-order valence-electron chi connectivity index (χ0n) is 23.4. The molecule has 41 heavy (non-hydrogen) atoms. The van der Waals surface area contributed by atoms with Crippen LogP contribution in [0, 0.1) is 6.92 Å². The normalized spacial score (nSPS) is 15.1. The topological polar surface area (TPSA) is 117 Å². The number of aryl methyl sites for hydroxylation is 1. The number of carbonyl (C=O) groups is 4. The summed E-state index contributed by atoms with van der Waals surface area (Å²) in [5.74, 6) is -0.805. The van der Waals surface area contributed by atoms with E-state index in [1.54, 1.807) is 36.1 Å². The van der Waals surface area contributed by atoms with E-state index in [0.717, 1.165) is 28.8 Å². The summed E-state index contributed by atoms with van der Waals surface area (Å²) in [5.41, 5.74) is 3.96. The molecule has 2 atom stereocenters. The molecule has 0 unspecified atom stereocenters. The van der Waals surface area contributed by atoms with Crippen molar-refractivity contribution in [2.45, 2.75) is 58.2 Å². The van der Waals surface area contributed by atoms with Gasteiger partial charge in [0.1, 0.15) is 12.6 Å². The molecular formula is C32H36N4O5. The zero-order chi connectivity index (χ0) is 29.2. The molecule has 4 rings (SSSR count). The van der Waals surface area contributed by atoms with E-state index in [1.165, 1.54) is 0 Å². The van der Waals surface area contributed by atoms with Gasteiger partial charge in [0.25, 0.3) is 0 Å². The summed E-state index contributed by atoms with van der Waals surface area (Å²) in [5, 5.41) is 8.48. The van der Waals surface area contributed by atoms with Crippen LogP contribution in [0.1, 0.15) is 42.9 Å². The number of anilines is 2. The first-order valence-corrected chi connectivity index (χ1v) is 13.8. The number of nitrogens with zero attached hydrogens (tertiary/aromatic N) is 1. The highest BCUT2D eigenvalue weighted by atomic mass is 16.5. The Morgan fingerprint density at radius 3 is 2.34 bits per heavy atom. The Kier molecular flexibility index (Phi) is 10.1. The van der Waals surface area contributed by atoms with Gasteiger partial charge in [-0.1, -0.05) is 60.7 Å². The van der Waals surface area contributed by atoms with E-state index in [-0.39, 0.29) is 37.3 Å². The summed E-state index contributed by atoms with van der Waals surface area (Å²) in [4.78, 5) is 52.3. The van der Waals surface area contributed by atoms with Gasteiger partial charge in [-0.25, -0.2) is 4.79 Å². The Balaban J connectivity index is 1.23. The zero-order valence-corrected chi connectivity index (χ0v) is 23.4. The maximum absolute atomic E-state index is 13.1. The van der Waals surface area contributed by atoms with Gasteiger partial charge >= 0.3 is 12.0 Å². The third kappa shape index (κ3) is 8.66. The number of esters is 1. The molecule has 4 amide bonds. The molecule has 0 aliphatic carbocycles. The van der Waals surface area contributed by atoms with Crippen molar-refractivity contribution in [3.05, 3.63) is 95.6 Å². The lowest BCUT2D eigenvalue weighted by Crippen LogP contribution is -2.49. The molecule has 0 radical (unpaired) electrons. The highest BCUT2D eigenvalue weighted by molar-refractivity contribution is 6.00. The van der Waals surface area contributed by atoms with Gasteiger partial charge in [0, 0.05) is 24.0 Å². The third-order valence-corrected chi connectivity index (χ3v) is 6.94. The van der Waals surface area contributed by atoms with E-state index in [9.17, 15) is 19.2 Å². The molecule has 214 valence electrons. The molecule has 1 fully saturated rings. The quantitative estimate of drug-likeness (QED) is 0.310. The van der Waals surface area contributed by atoms with E-state index in [1.807, 2.05) is 61.5 Å². The van der Waals surface area contributed by atoms with Crippen LogP contribution in [0.2, 0.25) is 0 Å². The number of hydrogen-bond acceptors (Lipinski definition) is 5. The van der Waals surface area contributed by atoms with Crippen LogP contribution < -0.4 is 16.0 Å². The summed E-state index contributed by atoms with van der Waals surface area (Å²) < 4.78 is 5.31. The van der Waals surface area contributed by atoms with Gasteiger partial charge in [0.05, 0.1) is 12.8 Å². The summed E-state index contributed by atoms with van der Waals surface area (Å²) in [6, 6.07) is 22.6. The number of benzene rings is 3. The molecular weight excluding hydrogens is 520 g/mol. The molecule has 0 bridgehead atoms. The van der Waals surface area contributed by atoms with Gasteiger partial charge in [-0.05, 0) is 61.6 Å². The predicted molar refractivity (Wildman–Crippen MR) is 157 cm³/mol. The van der Waals surface area contributed by atoms with Crippen molar-refractivity contribution in [1.82, 2.24) is 10.2 Å². The fraction of sp³-hybridized carbons (Fsp3) is 0.312. The van der Waals surface area contributed by atoms with E-state index < -0.39 is 18.1 Å². The number of rotatable bonds is 10. The van der Waals surface area contributed by atoms with Gasteiger partial charge in [-0.15, -0.1) is 0 Å².